The summed E-state index contributed by atoms with van der Waals surface area (Å²) in [5.74, 6) is 1.27. The lowest BCUT2D eigenvalue weighted by molar-refractivity contribution is 0.141. The molecule has 1 aliphatic rings. The van der Waals surface area contributed by atoms with Gasteiger partial charge in [0.05, 0.1) is 12.1 Å². The number of aryl methyl sites for hydroxylation is 2. The van der Waals surface area contributed by atoms with Crippen molar-refractivity contribution in [2.45, 2.75) is 46.2 Å². The van der Waals surface area contributed by atoms with Crippen molar-refractivity contribution in [1.82, 2.24) is 30.1 Å². The van der Waals surface area contributed by atoms with Crippen LogP contribution in [0.3, 0.4) is 0 Å². The molecule has 2 atom stereocenters. The number of aromatic nitrogens is 5. The summed E-state index contributed by atoms with van der Waals surface area (Å²) >= 11 is 0. The summed E-state index contributed by atoms with van der Waals surface area (Å²) in [6, 6.07) is 16.1. The summed E-state index contributed by atoms with van der Waals surface area (Å²) in [6.07, 6.45) is 2.30. The van der Waals surface area contributed by atoms with E-state index >= 15 is 0 Å². The number of aromatic amines is 1. The molecular weight excluding hydrogens is 412 g/mol. The van der Waals surface area contributed by atoms with E-state index in [9.17, 15) is 4.79 Å². The van der Waals surface area contributed by atoms with Gasteiger partial charge < -0.3 is 4.98 Å². The molecule has 0 bridgehead atoms. The number of nitrogens with zero attached hydrogens (tertiary/aromatic N) is 5. The minimum atomic E-state index is -0.306. The number of rotatable bonds is 5. The number of piperidine rings is 1. The minimum absolute atomic E-state index is 0.0753. The number of nitrogens with one attached hydrogen (secondary N) is 1. The molecule has 2 aromatic carbocycles. The van der Waals surface area contributed by atoms with Gasteiger partial charge in [0.2, 0.25) is 0 Å². The molecule has 1 fully saturated rings. The fourth-order valence-corrected chi connectivity index (χ4v) is 5.03. The van der Waals surface area contributed by atoms with E-state index in [-0.39, 0.29) is 11.6 Å². The molecule has 0 radical (unpaired) electrons. The lowest BCUT2D eigenvalue weighted by Crippen LogP contribution is -2.41. The van der Waals surface area contributed by atoms with E-state index in [2.05, 4.69) is 69.6 Å². The Morgan fingerprint density at radius 1 is 1.12 bits per heavy atom. The maximum atomic E-state index is 13.5. The standard InChI is InChI=1S/C26H30N6O/c1-17-8-7-13-31(15-17)24(25-28-29-30-32(25)16-20-9-5-4-6-10-20)22-14-21-18(2)11-12-19(3)23(21)27-26(22)33/h4-6,9-12,14,17,24H,7-8,13,15-16H2,1-3H3,(H,27,33). The third-order valence-corrected chi connectivity index (χ3v) is 6.80. The second-order valence-corrected chi connectivity index (χ2v) is 9.37. The molecule has 0 aliphatic carbocycles. The first-order chi connectivity index (χ1) is 16.0. The molecule has 0 amide bonds. The summed E-state index contributed by atoms with van der Waals surface area (Å²) in [5.41, 5.74) is 4.86. The molecule has 2 unspecified atom stereocenters. The van der Waals surface area contributed by atoms with Crippen molar-refractivity contribution in [3.63, 3.8) is 0 Å². The first-order valence-corrected chi connectivity index (χ1v) is 11.7. The molecule has 4 aromatic rings. The van der Waals surface area contributed by atoms with Gasteiger partial charge in [-0.3, -0.25) is 9.69 Å². The van der Waals surface area contributed by atoms with Crippen molar-refractivity contribution in [3.05, 3.63) is 87.0 Å². The van der Waals surface area contributed by atoms with Crippen LogP contribution in [0.2, 0.25) is 0 Å². The number of H-pyrrole nitrogens is 1. The van der Waals surface area contributed by atoms with Gasteiger partial charge in [-0.1, -0.05) is 49.4 Å². The monoisotopic (exact) mass is 442 g/mol. The van der Waals surface area contributed by atoms with Gasteiger partial charge in [0.1, 0.15) is 6.04 Å². The second-order valence-electron chi connectivity index (χ2n) is 9.37. The Labute approximate surface area is 193 Å². The summed E-state index contributed by atoms with van der Waals surface area (Å²) in [4.78, 5) is 19.0. The molecular formula is C26H30N6O. The maximum absolute atomic E-state index is 13.5. The Balaban J connectivity index is 1.66. The Bertz CT molecular complexity index is 1330. The number of hydrogen-bond donors (Lipinski definition) is 1. The van der Waals surface area contributed by atoms with Gasteiger partial charge in [-0.15, -0.1) is 5.10 Å². The fraction of sp³-hybridized carbons (Fsp3) is 0.385. The van der Waals surface area contributed by atoms with Crippen molar-refractivity contribution in [2.24, 2.45) is 5.92 Å². The third kappa shape index (κ3) is 4.20. The van der Waals surface area contributed by atoms with Crippen LogP contribution in [0.15, 0.2) is 53.3 Å². The van der Waals surface area contributed by atoms with Crippen LogP contribution >= 0.6 is 0 Å². The van der Waals surface area contributed by atoms with E-state index in [0.29, 0.717) is 23.9 Å². The van der Waals surface area contributed by atoms with Crippen LogP contribution in [0.25, 0.3) is 10.9 Å². The molecule has 2 aromatic heterocycles. The fourth-order valence-electron chi connectivity index (χ4n) is 5.03. The van der Waals surface area contributed by atoms with Crippen molar-refractivity contribution in [2.75, 3.05) is 13.1 Å². The molecule has 7 heteroatoms. The van der Waals surface area contributed by atoms with Gasteiger partial charge in [-0.25, -0.2) is 4.68 Å². The minimum Gasteiger partial charge on any atom is -0.321 e. The summed E-state index contributed by atoms with van der Waals surface area (Å²) < 4.78 is 1.84. The van der Waals surface area contributed by atoms with Crippen LogP contribution in [0.1, 0.15) is 53.9 Å². The SMILES string of the molecule is Cc1ccc(C)c2[nH]c(=O)c(C(c3nnnn3Cc3ccccc3)N3CCCC(C)C3)cc12. The highest BCUT2D eigenvalue weighted by atomic mass is 16.1. The Morgan fingerprint density at radius 3 is 2.70 bits per heavy atom. The highest BCUT2D eigenvalue weighted by Gasteiger charge is 2.33. The van der Waals surface area contributed by atoms with Gasteiger partial charge in [0.15, 0.2) is 5.82 Å². The smallest absolute Gasteiger partial charge is 0.253 e. The Kier molecular flexibility index (Phi) is 5.81. The third-order valence-electron chi connectivity index (χ3n) is 6.80. The molecule has 0 spiro atoms. The molecule has 3 heterocycles. The van der Waals surface area contributed by atoms with Crippen LogP contribution < -0.4 is 5.56 Å². The second kappa shape index (κ2) is 8.90. The topological polar surface area (TPSA) is 79.7 Å². The number of likely N-dealkylation sites (tertiary alicyclic amines) is 1. The quantitative estimate of drug-likeness (QED) is 0.505. The zero-order valence-corrected chi connectivity index (χ0v) is 19.5. The zero-order valence-electron chi connectivity index (χ0n) is 19.5. The van der Waals surface area contributed by atoms with Crippen molar-refractivity contribution in [1.29, 1.82) is 0 Å². The first-order valence-electron chi connectivity index (χ1n) is 11.7. The Morgan fingerprint density at radius 2 is 1.91 bits per heavy atom. The highest BCUT2D eigenvalue weighted by Crippen LogP contribution is 2.32. The molecule has 1 aliphatic heterocycles. The van der Waals surface area contributed by atoms with Gasteiger partial charge >= 0.3 is 0 Å². The largest absolute Gasteiger partial charge is 0.321 e. The number of tetrazole rings is 1. The van der Waals surface area contributed by atoms with Gasteiger partial charge in [0.25, 0.3) is 5.56 Å². The van der Waals surface area contributed by atoms with Crippen LogP contribution in [-0.2, 0) is 6.54 Å². The lowest BCUT2D eigenvalue weighted by Gasteiger charge is -2.36. The van der Waals surface area contributed by atoms with Gasteiger partial charge in [-0.05, 0) is 72.3 Å². The zero-order chi connectivity index (χ0) is 22.9. The number of hydrogen-bond acceptors (Lipinski definition) is 5. The van der Waals surface area contributed by atoms with Crippen molar-refractivity contribution >= 4 is 10.9 Å². The van der Waals surface area contributed by atoms with E-state index in [0.717, 1.165) is 47.1 Å². The molecule has 1 N–H and O–H groups in total. The normalized spacial score (nSPS) is 18.0. The van der Waals surface area contributed by atoms with Crippen molar-refractivity contribution < 1.29 is 0 Å². The maximum Gasteiger partial charge on any atom is 0.253 e. The molecule has 1 saturated heterocycles. The van der Waals surface area contributed by atoms with E-state index in [1.807, 2.05) is 29.8 Å². The van der Waals surface area contributed by atoms with Gasteiger partial charge in [0, 0.05) is 17.5 Å². The van der Waals surface area contributed by atoms with Crippen molar-refractivity contribution in [3.8, 4) is 0 Å². The molecule has 33 heavy (non-hydrogen) atoms. The average Bonchev–Trinajstić information content (AvgIpc) is 3.26. The molecule has 5 rings (SSSR count). The molecule has 0 saturated carbocycles. The summed E-state index contributed by atoms with van der Waals surface area (Å²) in [5, 5.41) is 13.9. The summed E-state index contributed by atoms with van der Waals surface area (Å²) in [6.45, 7) is 8.77. The first kappa shape index (κ1) is 21.5. The van der Waals surface area contributed by atoms with Crippen LogP contribution in [0, 0.1) is 19.8 Å². The lowest BCUT2D eigenvalue weighted by atomic mass is 9.95. The van der Waals surface area contributed by atoms with E-state index in [1.165, 1.54) is 6.42 Å². The van der Waals surface area contributed by atoms with Crippen LogP contribution in [0.5, 0.6) is 0 Å². The number of benzene rings is 2. The summed E-state index contributed by atoms with van der Waals surface area (Å²) in [7, 11) is 0. The van der Waals surface area contributed by atoms with Gasteiger partial charge in [-0.2, -0.15) is 0 Å². The predicted molar refractivity (Wildman–Crippen MR) is 129 cm³/mol. The van der Waals surface area contributed by atoms with E-state index in [4.69, 9.17) is 0 Å². The van der Waals surface area contributed by atoms with E-state index < -0.39 is 0 Å². The molecule has 7 nitrogen and oxygen atoms in total. The van der Waals surface area contributed by atoms with Crippen LogP contribution in [0.4, 0.5) is 0 Å². The van der Waals surface area contributed by atoms with Crippen LogP contribution in [-0.4, -0.2) is 43.2 Å². The highest BCUT2D eigenvalue weighted by molar-refractivity contribution is 5.85. The number of pyridine rings is 1. The molecule has 170 valence electrons. The average molecular weight is 443 g/mol. The number of fused-ring (bicyclic) bond motifs is 1. The Hall–Kier alpha value is -3.32. The predicted octanol–water partition coefficient (Wildman–Crippen LogP) is 4.00. The van der Waals surface area contributed by atoms with E-state index in [1.54, 1.807) is 0 Å².